The highest BCUT2D eigenvalue weighted by Gasteiger charge is 2.48. The summed E-state index contributed by atoms with van der Waals surface area (Å²) in [6.45, 7) is 7.05. The second kappa shape index (κ2) is 10.4. The lowest BCUT2D eigenvalue weighted by atomic mass is 9.65. The Morgan fingerprint density at radius 1 is 0.767 bits per heavy atom. The Labute approximate surface area is 249 Å². The van der Waals surface area contributed by atoms with Crippen molar-refractivity contribution >= 4 is 33.5 Å². The molecule has 4 heteroatoms. The highest BCUT2D eigenvalue weighted by molar-refractivity contribution is 6.08. The number of carbonyl (C=O) groups is 2. The highest BCUT2D eigenvalue weighted by atomic mass is 16.5. The van der Waals surface area contributed by atoms with Gasteiger partial charge in [-0.3, -0.25) is 0 Å². The molecule has 0 fully saturated rings. The number of hydrogen-bond donors (Lipinski definition) is 0. The Morgan fingerprint density at radius 3 is 2.14 bits per heavy atom. The van der Waals surface area contributed by atoms with Gasteiger partial charge in [0, 0.05) is 18.6 Å². The summed E-state index contributed by atoms with van der Waals surface area (Å²) >= 11 is 0. The highest BCUT2D eigenvalue weighted by Crippen LogP contribution is 2.60. The van der Waals surface area contributed by atoms with Crippen molar-refractivity contribution in [2.45, 2.75) is 17.9 Å². The first kappa shape index (κ1) is 26.4. The second-order valence-corrected chi connectivity index (χ2v) is 10.8. The summed E-state index contributed by atoms with van der Waals surface area (Å²) < 4.78 is 11.0. The molecule has 0 saturated heterocycles. The monoisotopic (exact) mass is 560 g/mol. The van der Waals surface area contributed by atoms with Crippen LogP contribution in [0.1, 0.15) is 23.1 Å². The lowest BCUT2D eigenvalue weighted by Crippen LogP contribution is -2.31. The molecule has 2 unspecified atom stereocenters. The molecular formula is C39H28O4. The second-order valence-electron chi connectivity index (χ2n) is 10.8. The first-order valence-corrected chi connectivity index (χ1v) is 14.3. The molecule has 0 amide bonds. The Hall–Kier alpha value is -5.48. The normalized spacial score (nSPS) is 18.4. The molecule has 0 radical (unpaired) electrons. The number of benzene rings is 5. The van der Waals surface area contributed by atoms with Crippen LogP contribution in [-0.2, 0) is 19.7 Å². The summed E-state index contributed by atoms with van der Waals surface area (Å²) in [4.78, 5) is 24.0. The standard InChI is InChI=1S/C39H28O4/c1-3-35(40)42-29-19-15-27(16-20-29)39(28-17-21-30(22-18-28)43-36(41)4-2)34-24-14-25-9-5-7-11-31(25)37(34)33-23-13-26-10-6-8-12-32(26)38(33)39/h3-21,23-24,30H,1-2,22H2. The topological polar surface area (TPSA) is 52.6 Å². The number of hydrogen-bond acceptors (Lipinski definition) is 4. The van der Waals surface area contributed by atoms with E-state index in [1.54, 1.807) is 0 Å². The third-order valence-electron chi connectivity index (χ3n) is 8.51. The summed E-state index contributed by atoms with van der Waals surface area (Å²) in [6.07, 6.45) is 8.73. The third-order valence-corrected chi connectivity index (χ3v) is 8.51. The molecule has 0 spiro atoms. The largest absolute Gasteiger partial charge is 0.455 e. The van der Waals surface area contributed by atoms with Gasteiger partial charge in [0.15, 0.2) is 0 Å². The van der Waals surface area contributed by atoms with Gasteiger partial charge in [0.1, 0.15) is 11.9 Å². The van der Waals surface area contributed by atoms with Crippen molar-refractivity contribution in [3.05, 3.63) is 163 Å². The third kappa shape index (κ3) is 4.14. The summed E-state index contributed by atoms with van der Waals surface area (Å²) in [5.41, 5.74) is 6.19. The molecule has 5 aromatic rings. The predicted octanol–water partition coefficient (Wildman–Crippen LogP) is 8.38. The zero-order chi connectivity index (χ0) is 29.6. The van der Waals surface area contributed by atoms with Crippen LogP contribution in [-0.4, -0.2) is 18.0 Å². The van der Waals surface area contributed by atoms with Crippen molar-refractivity contribution in [1.82, 2.24) is 0 Å². The fourth-order valence-corrected chi connectivity index (χ4v) is 6.75. The minimum Gasteiger partial charge on any atom is -0.455 e. The molecule has 0 N–H and O–H groups in total. The fourth-order valence-electron chi connectivity index (χ4n) is 6.75. The van der Waals surface area contributed by atoms with Crippen molar-refractivity contribution in [2.24, 2.45) is 0 Å². The van der Waals surface area contributed by atoms with Gasteiger partial charge in [-0.05, 0) is 73.1 Å². The Bertz CT molecular complexity index is 2030. The van der Waals surface area contributed by atoms with Gasteiger partial charge in [-0.25, -0.2) is 9.59 Å². The van der Waals surface area contributed by atoms with E-state index in [2.05, 4.69) is 98.1 Å². The van der Waals surface area contributed by atoms with Crippen molar-refractivity contribution in [3.63, 3.8) is 0 Å². The van der Waals surface area contributed by atoms with E-state index in [1.807, 2.05) is 30.3 Å². The van der Waals surface area contributed by atoms with Crippen molar-refractivity contribution in [2.75, 3.05) is 0 Å². The SMILES string of the molecule is C=CC(=O)Oc1ccc(C2(C3=CCC(OC(=O)C=C)C=C3)c3ccc4ccccc4c3-c3ccc4ccccc4c32)cc1. The van der Waals surface area contributed by atoms with E-state index >= 15 is 0 Å². The number of rotatable bonds is 6. The van der Waals surface area contributed by atoms with E-state index in [0.29, 0.717) is 12.2 Å². The number of esters is 2. The Kier molecular flexibility index (Phi) is 6.40. The van der Waals surface area contributed by atoms with Crippen LogP contribution >= 0.6 is 0 Å². The van der Waals surface area contributed by atoms with E-state index in [9.17, 15) is 9.59 Å². The molecule has 4 nitrogen and oxygen atoms in total. The van der Waals surface area contributed by atoms with Gasteiger partial charge < -0.3 is 9.47 Å². The maximum absolute atomic E-state index is 12.0. The molecule has 0 bridgehead atoms. The van der Waals surface area contributed by atoms with Gasteiger partial charge in [0.05, 0.1) is 5.41 Å². The zero-order valence-electron chi connectivity index (χ0n) is 23.5. The number of fused-ring (bicyclic) bond motifs is 7. The van der Waals surface area contributed by atoms with E-state index < -0.39 is 17.4 Å². The van der Waals surface area contributed by atoms with E-state index in [-0.39, 0.29) is 6.10 Å². The molecule has 0 heterocycles. The first-order chi connectivity index (χ1) is 21.0. The maximum Gasteiger partial charge on any atom is 0.335 e. The maximum atomic E-state index is 12.0. The summed E-state index contributed by atoms with van der Waals surface area (Å²) in [5.74, 6) is -0.502. The predicted molar refractivity (Wildman–Crippen MR) is 171 cm³/mol. The lowest BCUT2D eigenvalue weighted by Gasteiger charge is -2.37. The molecule has 2 aliphatic carbocycles. The molecule has 43 heavy (non-hydrogen) atoms. The Balaban J connectivity index is 1.55. The van der Waals surface area contributed by atoms with Crippen LogP contribution in [0.4, 0.5) is 0 Å². The Morgan fingerprint density at radius 2 is 1.44 bits per heavy atom. The molecule has 0 aromatic heterocycles. The molecule has 208 valence electrons. The van der Waals surface area contributed by atoms with Gasteiger partial charge in [0.25, 0.3) is 0 Å². The zero-order valence-corrected chi connectivity index (χ0v) is 23.5. The first-order valence-electron chi connectivity index (χ1n) is 14.3. The molecule has 0 saturated carbocycles. The van der Waals surface area contributed by atoms with Gasteiger partial charge in [-0.15, -0.1) is 0 Å². The molecule has 7 rings (SSSR count). The van der Waals surface area contributed by atoms with Crippen LogP contribution in [0.5, 0.6) is 5.75 Å². The summed E-state index contributed by atoms with van der Waals surface area (Å²) in [7, 11) is 0. The average molecular weight is 561 g/mol. The molecule has 2 atom stereocenters. The average Bonchev–Trinajstić information content (AvgIpc) is 3.37. The van der Waals surface area contributed by atoms with Gasteiger partial charge in [0.2, 0.25) is 0 Å². The summed E-state index contributed by atoms with van der Waals surface area (Å²) in [6, 6.07) is 33.6. The van der Waals surface area contributed by atoms with Crippen molar-refractivity contribution in [1.29, 1.82) is 0 Å². The van der Waals surface area contributed by atoms with Crippen LogP contribution in [0.3, 0.4) is 0 Å². The van der Waals surface area contributed by atoms with Crippen LogP contribution in [0.15, 0.2) is 146 Å². The van der Waals surface area contributed by atoms with E-state index in [4.69, 9.17) is 9.47 Å². The number of allylic oxidation sites excluding steroid dienone is 2. The smallest absolute Gasteiger partial charge is 0.335 e. The van der Waals surface area contributed by atoms with Crippen LogP contribution in [0.25, 0.3) is 32.7 Å². The quantitative estimate of drug-likeness (QED) is 0.119. The van der Waals surface area contributed by atoms with Gasteiger partial charge in [-0.2, -0.15) is 0 Å². The molecule has 0 aliphatic heterocycles. The molecular weight excluding hydrogens is 532 g/mol. The number of ether oxygens (including phenoxy) is 2. The van der Waals surface area contributed by atoms with E-state index in [0.717, 1.165) is 28.0 Å². The van der Waals surface area contributed by atoms with Crippen LogP contribution < -0.4 is 4.74 Å². The molecule has 2 aliphatic rings. The van der Waals surface area contributed by atoms with Crippen LogP contribution in [0.2, 0.25) is 0 Å². The van der Waals surface area contributed by atoms with Crippen molar-refractivity contribution in [3.8, 4) is 16.9 Å². The van der Waals surface area contributed by atoms with Gasteiger partial charge >= 0.3 is 11.9 Å². The van der Waals surface area contributed by atoms with Gasteiger partial charge in [-0.1, -0.05) is 110 Å². The minimum absolute atomic E-state index is 0.378. The number of carbonyl (C=O) groups excluding carboxylic acids is 2. The van der Waals surface area contributed by atoms with Crippen molar-refractivity contribution < 1.29 is 19.1 Å². The summed E-state index contributed by atoms with van der Waals surface area (Å²) in [5, 5.41) is 4.68. The molecule has 5 aromatic carbocycles. The van der Waals surface area contributed by atoms with E-state index in [1.165, 1.54) is 39.1 Å². The fraction of sp³-hybridized carbons (Fsp3) is 0.0769. The van der Waals surface area contributed by atoms with Crippen LogP contribution in [0, 0.1) is 0 Å². The minimum atomic E-state index is -0.694. The lowest BCUT2D eigenvalue weighted by molar-refractivity contribution is -0.140.